The largest absolute Gasteiger partial charge is 0.356 e. The van der Waals surface area contributed by atoms with Gasteiger partial charge in [-0.15, -0.1) is 0 Å². The van der Waals surface area contributed by atoms with Crippen LogP contribution in [0.25, 0.3) is 0 Å². The van der Waals surface area contributed by atoms with Crippen LogP contribution in [0.5, 0.6) is 0 Å². The predicted octanol–water partition coefficient (Wildman–Crippen LogP) is 6.54. The maximum absolute atomic E-state index is 13.9. The molecular weight excluding hydrogens is 420 g/mol. The average molecular weight is 453 g/mol. The topological polar surface area (TPSA) is 84.0 Å². The maximum atomic E-state index is 13.9. The quantitative estimate of drug-likeness (QED) is 0.260. The van der Waals surface area contributed by atoms with Crippen LogP contribution in [0.4, 0.5) is 0 Å². The molecular formula is C18H33NO6P2S. The molecule has 1 aromatic rings. The third kappa shape index (κ3) is 8.27. The number of aromatic nitrogens is 1. The molecule has 1 heterocycles. The summed E-state index contributed by atoms with van der Waals surface area (Å²) in [5.74, 6) is 0. The van der Waals surface area contributed by atoms with Gasteiger partial charge in [0.15, 0.2) is 0 Å². The second kappa shape index (κ2) is 11.3. The van der Waals surface area contributed by atoms with Crippen LogP contribution in [-0.4, -0.2) is 34.1 Å². The van der Waals surface area contributed by atoms with E-state index < -0.39 is 44.3 Å². The molecule has 162 valence electrons. The molecule has 0 spiro atoms. The van der Waals surface area contributed by atoms with E-state index in [1.54, 1.807) is 79.8 Å². The SMILES string of the molecule is CC(C)OP(=O)(OC(C)C)C(Sc1ccccn1)P(=O)(OC(C)C)OC(C)C. The molecule has 28 heavy (non-hydrogen) atoms. The fraction of sp³-hybridized carbons (Fsp3) is 0.722. The standard InChI is InChI=1S/C18H33NO6P2S/c1-13(2)22-26(20,23-14(3)4)18(28-17-11-9-10-12-19-17)27(21,24-15(5)6)25-16(7)8/h9-16,18H,1-8H3. The Kier molecular flexibility index (Phi) is 10.4. The summed E-state index contributed by atoms with van der Waals surface area (Å²) in [6.07, 6.45) is -0.0501. The van der Waals surface area contributed by atoms with E-state index in [1.807, 2.05) is 0 Å². The monoisotopic (exact) mass is 453 g/mol. The van der Waals surface area contributed by atoms with E-state index in [-0.39, 0.29) is 0 Å². The highest BCUT2D eigenvalue weighted by Crippen LogP contribution is 2.76. The van der Waals surface area contributed by atoms with Crippen molar-refractivity contribution in [2.45, 2.75) is 89.6 Å². The Bertz CT molecular complexity index is 618. The number of rotatable bonds is 12. The minimum Gasteiger partial charge on any atom is -0.305 e. The van der Waals surface area contributed by atoms with Gasteiger partial charge in [-0.2, -0.15) is 0 Å². The van der Waals surface area contributed by atoms with E-state index >= 15 is 0 Å². The summed E-state index contributed by atoms with van der Waals surface area (Å²) in [4.78, 5) is 4.26. The van der Waals surface area contributed by atoms with E-state index in [9.17, 15) is 9.13 Å². The molecule has 0 aliphatic heterocycles. The van der Waals surface area contributed by atoms with Crippen LogP contribution >= 0.6 is 27.0 Å². The first-order valence-electron chi connectivity index (χ1n) is 9.38. The van der Waals surface area contributed by atoms with Crippen molar-refractivity contribution < 1.29 is 27.2 Å². The number of thioether (sulfide) groups is 1. The Labute approximate surface area is 173 Å². The minimum absolute atomic E-state index is 0.414. The second-order valence-electron chi connectivity index (χ2n) is 7.31. The van der Waals surface area contributed by atoms with Crippen molar-refractivity contribution in [3.63, 3.8) is 0 Å². The summed E-state index contributed by atoms with van der Waals surface area (Å²) < 4.78 is 49.6. The van der Waals surface area contributed by atoms with Crippen molar-refractivity contribution in [3.05, 3.63) is 24.4 Å². The van der Waals surface area contributed by atoms with E-state index in [1.165, 1.54) is 0 Å². The van der Waals surface area contributed by atoms with Crippen LogP contribution in [0.2, 0.25) is 0 Å². The molecule has 0 aliphatic rings. The lowest BCUT2D eigenvalue weighted by Crippen LogP contribution is -2.21. The third-order valence-electron chi connectivity index (χ3n) is 2.84. The third-order valence-corrected chi connectivity index (χ3v) is 11.4. The van der Waals surface area contributed by atoms with Crippen molar-refractivity contribution in [2.24, 2.45) is 0 Å². The van der Waals surface area contributed by atoms with E-state index in [4.69, 9.17) is 18.1 Å². The van der Waals surface area contributed by atoms with Gasteiger partial charge in [-0.05, 0) is 67.5 Å². The lowest BCUT2D eigenvalue weighted by atomic mass is 10.5. The van der Waals surface area contributed by atoms with Gasteiger partial charge in [-0.1, -0.05) is 17.8 Å². The molecule has 0 unspecified atom stereocenters. The summed E-state index contributed by atoms with van der Waals surface area (Å²) in [6, 6.07) is 5.30. The van der Waals surface area contributed by atoms with Crippen LogP contribution in [0.1, 0.15) is 55.4 Å². The fourth-order valence-corrected chi connectivity index (χ4v) is 9.94. The molecule has 0 aliphatic carbocycles. The van der Waals surface area contributed by atoms with Gasteiger partial charge in [0.1, 0.15) is 0 Å². The molecule has 7 nitrogen and oxygen atoms in total. The van der Waals surface area contributed by atoms with Gasteiger partial charge in [-0.3, -0.25) is 9.13 Å². The molecule has 0 atom stereocenters. The molecule has 0 saturated carbocycles. The molecule has 1 aromatic heterocycles. The van der Waals surface area contributed by atoms with Crippen LogP contribution in [-0.2, 0) is 27.2 Å². The molecule has 0 radical (unpaired) electrons. The summed E-state index contributed by atoms with van der Waals surface area (Å²) in [7, 11) is -7.86. The van der Waals surface area contributed by atoms with Crippen molar-refractivity contribution in [2.75, 3.05) is 0 Å². The lowest BCUT2D eigenvalue weighted by Gasteiger charge is -2.34. The second-order valence-corrected chi connectivity index (χ2v) is 13.6. The van der Waals surface area contributed by atoms with Crippen molar-refractivity contribution in [3.8, 4) is 0 Å². The Morgan fingerprint density at radius 1 is 0.750 bits per heavy atom. The summed E-state index contributed by atoms with van der Waals surface area (Å²) >= 11 is 1.03. The first-order chi connectivity index (χ1) is 12.9. The normalized spacial score (nSPS) is 13.5. The number of hydrogen-bond donors (Lipinski definition) is 0. The fourth-order valence-electron chi connectivity index (χ4n) is 2.26. The van der Waals surface area contributed by atoms with Gasteiger partial charge in [0.25, 0.3) is 0 Å². The van der Waals surface area contributed by atoms with Gasteiger partial charge in [0.05, 0.1) is 29.4 Å². The van der Waals surface area contributed by atoms with E-state index in [0.717, 1.165) is 11.8 Å². The molecule has 0 saturated heterocycles. The van der Waals surface area contributed by atoms with Gasteiger partial charge < -0.3 is 18.1 Å². The van der Waals surface area contributed by atoms with Crippen molar-refractivity contribution >= 4 is 27.0 Å². The number of nitrogens with zero attached hydrogens (tertiary/aromatic N) is 1. The number of pyridine rings is 1. The minimum atomic E-state index is -3.93. The van der Waals surface area contributed by atoms with Gasteiger partial charge in [-0.25, -0.2) is 4.98 Å². The zero-order valence-corrected chi connectivity index (χ0v) is 20.5. The zero-order valence-electron chi connectivity index (χ0n) is 17.9. The van der Waals surface area contributed by atoms with Crippen LogP contribution in [0.3, 0.4) is 0 Å². The van der Waals surface area contributed by atoms with Gasteiger partial charge in [0.2, 0.25) is 4.73 Å². The Balaban J connectivity index is 3.53. The summed E-state index contributed by atoms with van der Waals surface area (Å²) in [5.41, 5.74) is 0. The highest BCUT2D eigenvalue weighted by Gasteiger charge is 2.54. The molecule has 0 fully saturated rings. The molecule has 1 rings (SSSR count). The smallest absolute Gasteiger partial charge is 0.305 e. The van der Waals surface area contributed by atoms with Crippen LogP contribution in [0.15, 0.2) is 29.4 Å². The first-order valence-corrected chi connectivity index (χ1v) is 13.5. The molecule has 10 heteroatoms. The Hall–Kier alpha value is -0.200. The highest BCUT2D eigenvalue weighted by molar-refractivity contribution is 8.12. The van der Waals surface area contributed by atoms with Crippen molar-refractivity contribution in [1.82, 2.24) is 4.98 Å². The van der Waals surface area contributed by atoms with E-state index in [2.05, 4.69) is 4.98 Å². The van der Waals surface area contributed by atoms with E-state index in [0.29, 0.717) is 5.03 Å². The average Bonchev–Trinajstić information content (AvgIpc) is 2.50. The summed E-state index contributed by atoms with van der Waals surface area (Å²) in [5, 5.41) is 0.521. The van der Waals surface area contributed by atoms with Crippen LogP contribution < -0.4 is 0 Å². The lowest BCUT2D eigenvalue weighted by molar-refractivity contribution is 0.129. The molecule has 0 N–H and O–H groups in total. The number of hydrogen-bond acceptors (Lipinski definition) is 8. The molecule has 0 amide bonds. The molecule has 0 aromatic carbocycles. The summed E-state index contributed by atoms with van der Waals surface area (Å²) in [6.45, 7) is 14.0. The van der Waals surface area contributed by atoms with Crippen LogP contribution in [0, 0.1) is 0 Å². The van der Waals surface area contributed by atoms with Gasteiger partial charge in [0, 0.05) is 6.20 Å². The first kappa shape index (κ1) is 25.8. The van der Waals surface area contributed by atoms with Gasteiger partial charge >= 0.3 is 15.2 Å². The van der Waals surface area contributed by atoms with Crippen molar-refractivity contribution in [1.29, 1.82) is 0 Å². The predicted molar refractivity (Wildman–Crippen MR) is 114 cm³/mol. The highest BCUT2D eigenvalue weighted by atomic mass is 32.2. The Morgan fingerprint density at radius 2 is 1.14 bits per heavy atom. The zero-order chi connectivity index (χ0) is 21.5. The Morgan fingerprint density at radius 3 is 1.43 bits per heavy atom. The molecule has 0 bridgehead atoms. The maximum Gasteiger partial charge on any atom is 0.356 e.